The van der Waals surface area contributed by atoms with Gasteiger partial charge in [-0.1, -0.05) is 6.07 Å². The van der Waals surface area contributed by atoms with Crippen LogP contribution in [0.2, 0.25) is 0 Å². The number of hydrogen-bond acceptors (Lipinski definition) is 6. The van der Waals surface area contributed by atoms with Crippen LogP contribution in [0.1, 0.15) is 17.5 Å². The third-order valence-corrected chi connectivity index (χ3v) is 3.94. The fraction of sp³-hybridized carbons (Fsp3) is 0.235. The fourth-order valence-corrected chi connectivity index (χ4v) is 2.52. The number of hydrazine groups is 1. The largest absolute Gasteiger partial charge is 0.454 e. The van der Waals surface area contributed by atoms with E-state index in [1.807, 2.05) is 0 Å². The summed E-state index contributed by atoms with van der Waals surface area (Å²) in [4.78, 5) is 22.0. The molecule has 0 unspecified atom stereocenters. The van der Waals surface area contributed by atoms with E-state index in [4.69, 9.17) is 9.47 Å². The second-order valence-corrected chi connectivity index (χ2v) is 5.85. The average molecular weight is 397 g/mol. The van der Waals surface area contributed by atoms with Gasteiger partial charge in [-0.05, 0) is 36.2 Å². The van der Waals surface area contributed by atoms with Gasteiger partial charge in [-0.15, -0.1) is 0 Å². The molecule has 8 nitrogen and oxygen atoms in total. The van der Waals surface area contributed by atoms with Crippen LogP contribution in [0, 0.1) is 10.1 Å². The Kier molecular flexibility index (Phi) is 5.25. The van der Waals surface area contributed by atoms with E-state index in [2.05, 4.69) is 10.9 Å². The SMILES string of the molecule is O=C(CCc1ccc2c(c1)OCO2)NNc1ccc(C(F)(F)F)cc1[N+](=O)[O-]. The third kappa shape index (κ3) is 4.42. The summed E-state index contributed by atoms with van der Waals surface area (Å²) in [6, 6.07) is 7.21. The van der Waals surface area contributed by atoms with E-state index in [9.17, 15) is 28.1 Å². The molecule has 1 aliphatic rings. The Hall–Kier alpha value is -3.50. The summed E-state index contributed by atoms with van der Waals surface area (Å²) in [5, 5.41) is 11.0. The molecule has 1 aliphatic heterocycles. The molecule has 148 valence electrons. The van der Waals surface area contributed by atoms with Crippen molar-refractivity contribution in [2.45, 2.75) is 19.0 Å². The van der Waals surface area contributed by atoms with Crippen molar-refractivity contribution in [1.29, 1.82) is 0 Å². The monoisotopic (exact) mass is 397 g/mol. The zero-order chi connectivity index (χ0) is 20.3. The number of halogens is 3. The van der Waals surface area contributed by atoms with Crippen molar-refractivity contribution < 1.29 is 32.4 Å². The standard InChI is InChI=1S/C17H14F3N3O5/c18-17(19,20)11-3-4-12(13(8-11)23(25)26)21-22-16(24)6-2-10-1-5-14-15(7-10)28-9-27-14/h1,3-5,7-8,21H,2,6,9H2,(H,22,24). The fourth-order valence-electron chi connectivity index (χ4n) is 2.52. The molecule has 2 aromatic rings. The zero-order valence-electron chi connectivity index (χ0n) is 14.2. The number of carbonyl (C=O) groups excluding carboxylic acids is 1. The van der Waals surface area contributed by atoms with E-state index in [1.165, 1.54) is 0 Å². The molecule has 0 radical (unpaired) electrons. The van der Waals surface area contributed by atoms with Gasteiger partial charge in [0.05, 0.1) is 10.5 Å². The number of anilines is 1. The Morgan fingerprint density at radius 3 is 2.61 bits per heavy atom. The van der Waals surface area contributed by atoms with Crippen molar-refractivity contribution in [3.63, 3.8) is 0 Å². The third-order valence-electron chi connectivity index (χ3n) is 3.94. The summed E-state index contributed by atoms with van der Waals surface area (Å²) >= 11 is 0. The molecule has 0 aromatic heterocycles. The van der Waals surface area contributed by atoms with Crippen LogP contribution in [0.3, 0.4) is 0 Å². The van der Waals surface area contributed by atoms with E-state index in [0.717, 1.165) is 11.6 Å². The molecule has 0 saturated heterocycles. The first-order valence-electron chi connectivity index (χ1n) is 8.03. The number of amides is 1. The minimum Gasteiger partial charge on any atom is -0.454 e. The van der Waals surface area contributed by atoms with E-state index in [1.54, 1.807) is 18.2 Å². The molecule has 3 rings (SSSR count). The number of carbonyl (C=O) groups is 1. The Labute approximate surface area is 156 Å². The van der Waals surface area contributed by atoms with Gasteiger partial charge in [-0.2, -0.15) is 13.2 Å². The Morgan fingerprint density at radius 2 is 1.89 bits per heavy atom. The topological polar surface area (TPSA) is 103 Å². The minimum atomic E-state index is -4.71. The van der Waals surface area contributed by atoms with Crippen LogP contribution in [0.5, 0.6) is 11.5 Å². The number of nitro benzene ring substituents is 1. The van der Waals surface area contributed by atoms with Gasteiger partial charge < -0.3 is 9.47 Å². The van der Waals surface area contributed by atoms with Crippen LogP contribution in [-0.2, 0) is 17.4 Å². The summed E-state index contributed by atoms with van der Waals surface area (Å²) in [6.07, 6.45) is -4.31. The first-order chi connectivity index (χ1) is 13.2. The van der Waals surface area contributed by atoms with Gasteiger partial charge in [0.2, 0.25) is 12.7 Å². The predicted octanol–water partition coefficient (Wildman–Crippen LogP) is 3.42. The van der Waals surface area contributed by atoms with Crippen molar-refractivity contribution in [3.05, 3.63) is 57.6 Å². The van der Waals surface area contributed by atoms with Crippen molar-refractivity contribution >= 4 is 17.3 Å². The molecular formula is C17H14F3N3O5. The first-order valence-corrected chi connectivity index (χ1v) is 8.03. The molecular weight excluding hydrogens is 383 g/mol. The van der Waals surface area contributed by atoms with E-state index in [-0.39, 0.29) is 18.9 Å². The molecule has 0 aliphatic carbocycles. The van der Waals surface area contributed by atoms with Gasteiger partial charge >= 0.3 is 6.18 Å². The highest BCUT2D eigenvalue weighted by molar-refractivity contribution is 5.78. The summed E-state index contributed by atoms with van der Waals surface area (Å²) < 4.78 is 48.5. The number of alkyl halides is 3. The highest BCUT2D eigenvalue weighted by Gasteiger charge is 2.33. The average Bonchev–Trinajstić information content (AvgIpc) is 3.11. The number of aryl methyl sites for hydroxylation is 1. The maximum Gasteiger partial charge on any atom is 0.416 e. The highest BCUT2D eigenvalue weighted by Crippen LogP contribution is 2.35. The molecule has 0 spiro atoms. The van der Waals surface area contributed by atoms with Crippen LogP contribution < -0.4 is 20.3 Å². The molecule has 1 amide bonds. The molecule has 2 aromatic carbocycles. The van der Waals surface area contributed by atoms with Gasteiger partial charge in [0.1, 0.15) is 5.69 Å². The maximum atomic E-state index is 12.7. The number of nitrogens with one attached hydrogen (secondary N) is 2. The lowest BCUT2D eigenvalue weighted by Gasteiger charge is -2.11. The minimum absolute atomic E-state index is 0.0427. The lowest BCUT2D eigenvalue weighted by atomic mass is 10.1. The summed E-state index contributed by atoms with van der Waals surface area (Å²) in [5.74, 6) is 0.702. The van der Waals surface area contributed by atoms with Crippen LogP contribution in [0.4, 0.5) is 24.5 Å². The van der Waals surface area contributed by atoms with Gasteiger partial charge in [-0.25, -0.2) is 0 Å². The van der Waals surface area contributed by atoms with Gasteiger partial charge in [0.25, 0.3) is 5.69 Å². The molecule has 0 bridgehead atoms. The predicted molar refractivity (Wildman–Crippen MR) is 90.7 cm³/mol. The van der Waals surface area contributed by atoms with Crippen LogP contribution in [0.15, 0.2) is 36.4 Å². The highest BCUT2D eigenvalue weighted by atomic mass is 19.4. The second-order valence-electron chi connectivity index (χ2n) is 5.85. The second kappa shape index (κ2) is 7.62. The number of rotatable bonds is 6. The lowest BCUT2D eigenvalue weighted by Crippen LogP contribution is -2.30. The van der Waals surface area contributed by atoms with Crippen LogP contribution >= 0.6 is 0 Å². The van der Waals surface area contributed by atoms with Crippen molar-refractivity contribution in [2.24, 2.45) is 0 Å². The van der Waals surface area contributed by atoms with E-state index in [0.29, 0.717) is 30.1 Å². The zero-order valence-corrected chi connectivity index (χ0v) is 14.2. The number of hydrogen-bond donors (Lipinski definition) is 2. The van der Waals surface area contributed by atoms with E-state index >= 15 is 0 Å². The van der Waals surface area contributed by atoms with Crippen molar-refractivity contribution in [2.75, 3.05) is 12.2 Å². The number of benzene rings is 2. The summed E-state index contributed by atoms with van der Waals surface area (Å²) in [6.45, 7) is 0.134. The van der Waals surface area contributed by atoms with E-state index < -0.39 is 28.3 Å². The van der Waals surface area contributed by atoms with Gasteiger partial charge in [-0.3, -0.25) is 25.8 Å². The number of ether oxygens (including phenoxy) is 2. The van der Waals surface area contributed by atoms with Crippen molar-refractivity contribution in [3.8, 4) is 11.5 Å². The molecule has 28 heavy (non-hydrogen) atoms. The van der Waals surface area contributed by atoms with Crippen molar-refractivity contribution in [1.82, 2.24) is 5.43 Å². The Bertz CT molecular complexity index is 917. The van der Waals surface area contributed by atoms with Gasteiger partial charge in [0, 0.05) is 12.5 Å². The molecule has 0 atom stereocenters. The molecule has 0 saturated carbocycles. The summed E-state index contributed by atoms with van der Waals surface area (Å²) in [7, 11) is 0. The smallest absolute Gasteiger partial charge is 0.416 e. The Morgan fingerprint density at radius 1 is 1.14 bits per heavy atom. The molecule has 0 fully saturated rings. The maximum absolute atomic E-state index is 12.7. The molecule has 2 N–H and O–H groups in total. The summed E-state index contributed by atoms with van der Waals surface area (Å²) in [5.41, 5.74) is 3.15. The normalized spacial score (nSPS) is 12.5. The van der Waals surface area contributed by atoms with Gasteiger partial charge in [0.15, 0.2) is 11.5 Å². The number of nitro groups is 1. The number of fused-ring (bicyclic) bond motifs is 1. The number of nitrogens with zero attached hydrogens (tertiary/aromatic N) is 1. The van der Waals surface area contributed by atoms with Crippen LogP contribution in [-0.4, -0.2) is 17.6 Å². The lowest BCUT2D eigenvalue weighted by molar-refractivity contribution is -0.384. The quantitative estimate of drug-likeness (QED) is 0.572. The Balaban J connectivity index is 1.59. The van der Waals surface area contributed by atoms with Crippen LogP contribution in [0.25, 0.3) is 0 Å². The molecule has 11 heteroatoms. The molecule has 1 heterocycles. The first kappa shape index (κ1) is 19.3.